The maximum absolute atomic E-state index is 11.6. The topological polar surface area (TPSA) is 78.6 Å². The lowest BCUT2D eigenvalue weighted by Gasteiger charge is -2.59. The highest BCUT2D eigenvalue weighted by atomic mass is 16.4. The average Bonchev–Trinajstić information content (AvgIpc) is 3.32. The van der Waals surface area contributed by atoms with Gasteiger partial charge in [-0.3, -0.25) is 0 Å². The summed E-state index contributed by atoms with van der Waals surface area (Å²) in [6.45, 7) is 0. The molecule has 2 saturated heterocycles. The van der Waals surface area contributed by atoms with Crippen LogP contribution in [-0.2, 0) is 0 Å². The van der Waals surface area contributed by atoms with E-state index in [1.807, 2.05) is 12.5 Å². The van der Waals surface area contributed by atoms with Crippen LogP contribution in [0.1, 0.15) is 43.7 Å². The molecule has 4 heterocycles. The highest BCUT2D eigenvalue weighted by Gasteiger charge is 2.62. The van der Waals surface area contributed by atoms with E-state index in [4.69, 9.17) is 0 Å². The Morgan fingerprint density at radius 2 is 1.89 bits per heavy atom. The van der Waals surface area contributed by atoms with Gasteiger partial charge in [0.05, 0.1) is 30.4 Å². The number of carboxylic acid groups (broad SMARTS) is 1. The third-order valence-electron chi connectivity index (χ3n) is 7.73. The zero-order chi connectivity index (χ0) is 18.3. The van der Waals surface area contributed by atoms with Crippen LogP contribution in [0, 0.1) is 11.3 Å². The van der Waals surface area contributed by atoms with Gasteiger partial charge in [0.2, 0.25) is 0 Å². The van der Waals surface area contributed by atoms with E-state index < -0.39 is 6.09 Å². The molecule has 0 unspecified atom stereocenters. The maximum atomic E-state index is 11.6. The molecule has 1 aromatic heterocycles. The number of amides is 1. The molecule has 1 saturated carbocycles. The van der Waals surface area contributed by atoms with Crippen LogP contribution in [0.25, 0.3) is 11.3 Å². The van der Waals surface area contributed by atoms with Crippen LogP contribution in [0.3, 0.4) is 0 Å². The first-order valence-corrected chi connectivity index (χ1v) is 9.89. The van der Waals surface area contributed by atoms with Gasteiger partial charge < -0.3 is 19.7 Å². The van der Waals surface area contributed by atoms with E-state index in [1.165, 1.54) is 11.1 Å². The van der Waals surface area contributed by atoms with E-state index >= 15 is 0 Å². The Morgan fingerprint density at radius 1 is 1.15 bits per heavy atom. The minimum atomic E-state index is -0.796. The Bertz CT molecular complexity index is 924. The Balaban J connectivity index is 1.31. The molecule has 6 rings (SSSR count). The molecule has 4 aliphatic rings. The number of hydrogen-bond donors (Lipinski definition) is 2. The first-order chi connectivity index (χ1) is 13.1. The molecule has 3 fully saturated rings. The van der Waals surface area contributed by atoms with Crippen molar-refractivity contribution in [2.24, 2.45) is 11.3 Å². The molecule has 6 nitrogen and oxygen atoms in total. The summed E-state index contributed by atoms with van der Waals surface area (Å²) in [5.41, 5.74) is 3.51. The summed E-state index contributed by atoms with van der Waals surface area (Å²) in [5.74, 6) is 0.164. The van der Waals surface area contributed by atoms with E-state index in [0.717, 1.165) is 37.8 Å². The second-order valence-electron chi connectivity index (χ2n) is 8.88. The van der Waals surface area contributed by atoms with E-state index in [0.29, 0.717) is 0 Å². The van der Waals surface area contributed by atoms with Crippen LogP contribution in [0.2, 0.25) is 0 Å². The molecule has 1 amide bonds. The van der Waals surface area contributed by atoms with Crippen molar-refractivity contribution in [2.75, 3.05) is 0 Å². The van der Waals surface area contributed by atoms with Gasteiger partial charge in [0.1, 0.15) is 0 Å². The summed E-state index contributed by atoms with van der Waals surface area (Å²) in [6.07, 6.45) is 7.06. The van der Waals surface area contributed by atoms with E-state index in [1.54, 1.807) is 4.90 Å². The predicted molar refractivity (Wildman–Crippen MR) is 98.3 cm³/mol. The Kier molecular flexibility index (Phi) is 2.98. The number of aromatic nitrogens is 2. The highest BCUT2D eigenvalue weighted by Crippen LogP contribution is 2.62. The maximum Gasteiger partial charge on any atom is 0.407 e. The Morgan fingerprint density at radius 3 is 2.59 bits per heavy atom. The predicted octanol–water partition coefficient (Wildman–Crippen LogP) is 3.12. The lowest BCUT2D eigenvalue weighted by atomic mass is 9.51. The Hall–Kier alpha value is -2.34. The van der Waals surface area contributed by atoms with E-state index in [9.17, 15) is 15.0 Å². The largest absolute Gasteiger partial charge is 0.465 e. The molecule has 1 aromatic carbocycles. The molecule has 0 radical (unpaired) electrons. The molecule has 2 bridgehead atoms. The molecular weight excluding hydrogens is 342 g/mol. The molecule has 1 spiro atoms. The van der Waals surface area contributed by atoms with Crippen molar-refractivity contribution >= 4 is 6.09 Å². The molecule has 27 heavy (non-hydrogen) atoms. The van der Waals surface area contributed by atoms with Crippen molar-refractivity contribution in [3.05, 3.63) is 42.4 Å². The summed E-state index contributed by atoms with van der Waals surface area (Å²) >= 11 is 0. The zero-order valence-electron chi connectivity index (χ0n) is 15.0. The third kappa shape index (κ3) is 1.89. The number of benzene rings is 1. The second kappa shape index (κ2) is 5.13. The number of aliphatic hydroxyl groups is 1. The van der Waals surface area contributed by atoms with Crippen LogP contribution >= 0.6 is 0 Å². The summed E-state index contributed by atoms with van der Waals surface area (Å²) in [6, 6.07) is 8.72. The number of hydrogen-bond acceptors (Lipinski definition) is 3. The van der Waals surface area contributed by atoms with E-state index in [2.05, 4.69) is 33.8 Å². The van der Waals surface area contributed by atoms with Crippen molar-refractivity contribution in [1.29, 1.82) is 0 Å². The Labute approximate surface area is 157 Å². The van der Waals surface area contributed by atoms with Crippen LogP contribution in [0.5, 0.6) is 0 Å². The number of nitrogens with zero attached hydrogens (tertiary/aromatic N) is 3. The first kappa shape index (κ1) is 15.7. The molecular formula is C21H23N3O3. The smallest absolute Gasteiger partial charge is 0.407 e. The normalized spacial score (nSPS) is 38.6. The zero-order valence-corrected chi connectivity index (χ0v) is 15.0. The fourth-order valence-electron chi connectivity index (χ4n) is 6.69. The van der Waals surface area contributed by atoms with Gasteiger partial charge in [-0.25, -0.2) is 9.78 Å². The van der Waals surface area contributed by atoms with Crippen molar-refractivity contribution < 1.29 is 15.0 Å². The summed E-state index contributed by atoms with van der Waals surface area (Å²) in [5, 5.41) is 20.8. The lowest BCUT2D eigenvalue weighted by Crippen LogP contribution is -2.62. The van der Waals surface area contributed by atoms with Crippen molar-refractivity contribution in [1.82, 2.24) is 14.5 Å². The fraction of sp³-hybridized carbons (Fsp3) is 0.524. The van der Waals surface area contributed by atoms with Gasteiger partial charge >= 0.3 is 6.09 Å². The number of aliphatic hydroxyl groups excluding tert-OH is 1. The third-order valence-corrected chi connectivity index (χ3v) is 7.73. The number of carbonyl (C=O) groups is 1. The second-order valence-corrected chi connectivity index (χ2v) is 8.88. The van der Waals surface area contributed by atoms with Gasteiger partial charge in [0.15, 0.2) is 0 Å². The summed E-state index contributed by atoms with van der Waals surface area (Å²) in [4.78, 5) is 17.6. The van der Waals surface area contributed by atoms with Crippen LogP contribution in [0.4, 0.5) is 4.79 Å². The van der Waals surface area contributed by atoms with Crippen LogP contribution in [-0.4, -0.2) is 48.9 Å². The van der Waals surface area contributed by atoms with Crippen molar-refractivity contribution in [3.63, 3.8) is 0 Å². The molecule has 2 aromatic rings. The van der Waals surface area contributed by atoms with Crippen molar-refractivity contribution in [3.8, 4) is 11.3 Å². The molecule has 3 aliphatic heterocycles. The van der Waals surface area contributed by atoms with Crippen molar-refractivity contribution in [2.45, 2.75) is 56.3 Å². The number of imidazole rings is 1. The quantitative estimate of drug-likeness (QED) is 0.814. The number of rotatable bonds is 1. The van der Waals surface area contributed by atoms with Crippen LogP contribution < -0.4 is 0 Å². The fourth-order valence-corrected chi connectivity index (χ4v) is 6.69. The minimum Gasteiger partial charge on any atom is -0.465 e. The SMILES string of the molecule is O=C(O)N1[C@@H]2CC[C@H]1C[C@@]1(C[C@H]([C@H]3c4ccccc4-c4cncn43)[C@@H]1O)C2. The minimum absolute atomic E-state index is 0.0801. The highest BCUT2D eigenvalue weighted by molar-refractivity contribution is 5.69. The summed E-state index contributed by atoms with van der Waals surface area (Å²) < 4.78 is 2.21. The summed E-state index contributed by atoms with van der Waals surface area (Å²) in [7, 11) is 0. The van der Waals surface area contributed by atoms with Gasteiger partial charge in [0, 0.05) is 29.0 Å². The molecule has 2 N–H and O–H groups in total. The number of piperidine rings is 1. The molecule has 6 heteroatoms. The molecule has 1 aliphatic carbocycles. The van der Waals surface area contributed by atoms with Gasteiger partial charge in [-0.05, 0) is 37.7 Å². The van der Waals surface area contributed by atoms with Gasteiger partial charge in [-0.1, -0.05) is 24.3 Å². The standard InChI is InChI=1S/C21H23N3O3/c25-19-16(9-21(19)7-12-5-6-13(8-21)24(12)20(26)27)18-15-4-2-1-3-14(15)17-10-22-11-23(17)18/h1-4,10-13,16,18-19,25H,5-9H2,(H,26,27)/t12-,13+,16-,18-,19+,21-/m1/s1. The molecule has 6 atom stereocenters. The average molecular weight is 365 g/mol. The van der Waals surface area contributed by atoms with Gasteiger partial charge in [0.25, 0.3) is 0 Å². The van der Waals surface area contributed by atoms with Crippen LogP contribution in [0.15, 0.2) is 36.8 Å². The first-order valence-electron chi connectivity index (χ1n) is 9.89. The van der Waals surface area contributed by atoms with Gasteiger partial charge in [-0.15, -0.1) is 0 Å². The number of fused-ring (bicyclic) bond motifs is 5. The van der Waals surface area contributed by atoms with Gasteiger partial charge in [-0.2, -0.15) is 0 Å². The monoisotopic (exact) mass is 365 g/mol. The molecule has 140 valence electrons. The lowest BCUT2D eigenvalue weighted by molar-refractivity contribution is -0.166. The van der Waals surface area contributed by atoms with E-state index in [-0.39, 0.29) is 35.6 Å².